The molecule has 1 unspecified atom stereocenters. The Kier molecular flexibility index (Phi) is 11.2. The quantitative estimate of drug-likeness (QED) is 0.218. The summed E-state index contributed by atoms with van der Waals surface area (Å²) in [6.45, 7) is 4.51. The molecule has 0 heterocycles. The van der Waals surface area contributed by atoms with Gasteiger partial charge in [0.2, 0.25) is 0 Å². The molecule has 0 aromatic heterocycles. The lowest BCUT2D eigenvalue weighted by Gasteiger charge is -2.12. The average Bonchev–Trinajstić information content (AvgIpc) is 2.59. The van der Waals surface area contributed by atoms with Gasteiger partial charge in [-0.15, -0.1) is 0 Å². The maximum atomic E-state index is 12.1. The summed E-state index contributed by atoms with van der Waals surface area (Å²) in [7, 11) is 0. The van der Waals surface area contributed by atoms with E-state index in [0.29, 0.717) is 12.3 Å². The van der Waals surface area contributed by atoms with Crippen molar-refractivity contribution in [3.8, 4) is 0 Å². The van der Waals surface area contributed by atoms with Crippen molar-refractivity contribution in [3.05, 3.63) is 48.0 Å². The number of unbranched alkanes of at least 4 members (excludes halogenated alkanes) is 5. The van der Waals surface area contributed by atoms with Crippen LogP contribution < -0.4 is 0 Å². The van der Waals surface area contributed by atoms with Gasteiger partial charge in [-0.1, -0.05) is 101 Å². The number of Topliss-reactive ketones (excluding diaryl/α,β-unsaturated/α-hetero) is 1. The number of allylic oxidation sites excluding steroid dienone is 2. The second kappa shape index (κ2) is 13.1. The number of carbonyl (C=O) groups is 1. The van der Waals surface area contributed by atoms with Crippen molar-refractivity contribution in [2.75, 3.05) is 0 Å². The fourth-order valence-corrected chi connectivity index (χ4v) is 2.92. The van der Waals surface area contributed by atoms with Crippen LogP contribution in [0.4, 0.5) is 0 Å². The van der Waals surface area contributed by atoms with Crippen LogP contribution in [0.25, 0.3) is 0 Å². The molecule has 1 atom stereocenters. The van der Waals surface area contributed by atoms with E-state index in [1.54, 1.807) is 0 Å². The normalized spacial score (nSPS) is 12.6. The Morgan fingerprint density at radius 1 is 0.913 bits per heavy atom. The third-order valence-electron chi connectivity index (χ3n) is 4.41. The van der Waals surface area contributed by atoms with Gasteiger partial charge in [0, 0.05) is 12.0 Å². The van der Waals surface area contributed by atoms with E-state index in [0.717, 1.165) is 5.56 Å². The summed E-state index contributed by atoms with van der Waals surface area (Å²) in [4.78, 5) is 12.1. The summed E-state index contributed by atoms with van der Waals surface area (Å²) in [5.41, 5.74) is 0.821. The highest BCUT2D eigenvalue weighted by Gasteiger charge is 2.06. The lowest BCUT2D eigenvalue weighted by atomic mass is 9.94. The topological polar surface area (TPSA) is 17.1 Å². The molecule has 1 heteroatoms. The number of hydrogen-bond donors (Lipinski definition) is 0. The van der Waals surface area contributed by atoms with Gasteiger partial charge in [-0.05, 0) is 18.8 Å². The number of ketones is 1. The molecule has 0 aliphatic rings. The van der Waals surface area contributed by atoms with Gasteiger partial charge < -0.3 is 0 Å². The smallest absolute Gasteiger partial charge is 0.166 e. The fraction of sp³-hybridized carbons (Fsp3) is 0.591. The van der Waals surface area contributed by atoms with E-state index in [-0.39, 0.29) is 5.78 Å². The number of benzene rings is 1. The van der Waals surface area contributed by atoms with Crippen molar-refractivity contribution in [1.29, 1.82) is 0 Å². The fourth-order valence-electron chi connectivity index (χ4n) is 2.92. The molecule has 0 bridgehead atoms. The first-order valence-corrected chi connectivity index (χ1v) is 9.52. The van der Waals surface area contributed by atoms with Crippen molar-refractivity contribution in [2.45, 2.75) is 78.1 Å². The monoisotopic (exact) mass is 314 g/mol. The number of carbonyl (C=O) groups excluding carboxylic acids is 1. The summed E-state index contributed by atoms with van der Waals surface area (Å²) in [6.07, 6.45) is 16.7. The van der Waals surface area contributed by atoms with Crippen LogP contribution in [-0.4, -0.2) is 5.78 Å². The van der Waals surface area contributed by atoms with Crippen molar-refractivity contribution in [1.82, 2.24) is 0 Å². The molecule has 1 aromatic carbocycles. The summed E-state index contributed by atoms with van der Waals surface area (Å²) < 4.78 is 0. The van der Waals surface area contributed by atoms with Crippen molar-refractivity contribution in [3.63, 3.8) is 0 Å². The lowest BCUT2D eigenvalue weighted by molar-refractivity contribution is 0.0995. The first-order valence-electron chi connectivity index (χ1n) is 9.52. The predicted octanol–water partition coefficient (Wildman–Crippen LogP) is 6.98. The third-order valence-corrected chi connectivity index (χ3v) is 4.41. The number of rotatable bonds is 13. The van der Waals surface area contributed by atoms with Crippen molar-refractivity contribution in [2.24, 2.45) is 5.92 Å². The molecule has 1 rings (SSSR count). The second-order valence-corrected chi connectivity index (χ2v) is 6.53. The Labute approximate surface area is 143 Å². The molecule has 1 nitrogen and oxygen atoms in total. The minimum absolute atomic E-state index is 0.221. The Morgan fingerprint density at radius 3 is 2.26 bits per heavy atom. The largest absolute Gasteiger partial charge is 0.294 e. The Bertz CT molecular complexity index is 433. The van der Waals surface area contributed by atoms with Gasteiger partial charge in [0.25, 0.3) is 0 Å². The molecule has 0 N–H and O–H groups in total. The highest BCUT2D eigenvalue weighted by molar-refractivity contribution is 5.96. The summed E-state index contributed by atoms with van der Waals surface area (Å²) in [6, 6.07) is 9.61. The number of hydrogen-bond acceptors (Lipinski definition) is 1. The van der Waals surface area contributed by atoms with Gasteiger partial charge in [-0.3, -0.25) is 4.79 Å². The zero-order chi connectivity index (χ0) is 16.8. The van der Waals surface area contributed by atoms with E-state index in [1.807, 2.05) is 30.3 Å². The first kappa shape index (κ1) is 19.7. The molecule has 0 aliphatic carbocycles. The minimum Gasteiger partial charge on any atom is -0.294 e. The molecule has 1 aromatic rings. The zero-order valence-corrected chi connectivity index (χ0v) is 15.1. The summed E-state index contributed by atoms with van der Waals surface area (Å²) in [5.74, 6) is 0.874. The molecular weight excluding hydrogens is 280 g/mol. The summed E-state index contributed by atoms with van der Waals surface area (Å²) in [5, 5.41) is 0. The van der Waals surface area contributed by atoms with Crippen LogP contribution in [0.2, 0.25) is 0 Å². The van der Waals surface area contributed by atoms with Gasteiger partial charge in [0.05, 0.1) is 0 Å². The maximum Gasteiger partial charge on any atom is 0.166 e. The highest BCUT2D eigenvalue weighted by Crippen LogP contribution is 2.19. The van der Waals surface area contributed by atoms with Gasteiger partial charge in [0.1, 0.15) is 0 Å². The van der Waals surface area contributed by atoms with Gasteiger partial charge in [-0.2, -0.15) is 0 Å². The van der Waals surface area contributed by atoms with E-state index in [1.165, 1.54) is 57.8 Å². The third kappa shape index (κ3) is 9.38. The van der Waals surface area contributed by atoms with Crippen LogP contribution in [0.1, 0.15) is 88.4 Å². The standard InChI is InChI=1S/C22H34O/c1-3-5-7-8-10-15-20(14-6-4-2)16-13-19-22(23)21-17-11-9-12-18-21/h9,11-13,16-18,20H,3-8,10,14-15,19H2,1-2H3/b16-13+. The van der Waals surface area contributed by atoms with E-state index in [9.17, 15) is 4.79 Å². The SMILES string of the molecule is CCCCCCCC(/C=C/CC(=O)c1ccccc1)CCCC. The summed E-state index contributed by atoms with van der Waals surface area (Å²) >= 11 is 0. The molecule has 128 valence electrons. The Hall–Kier alpha value is -1.37. The maximum absolute atomic E-state index is 12.1. The van der Waals surface area contributed by atoms with Crippen LogP contribution in [0, 0.1) is 5.92 Å². The van der Waals surface area contributed by atoms with Gasteiger partial charge in [-0.25, -0.2) is 0 Å². The van der Waals surface area contributed by atoms with Crippen molar-refractivity contribution < 1.29 is 4.79 Å². The van der Waals surface area contributed by atoms with Gasteiger partial charge >= 0.3 is 0 Å². The van der Waals surface area contributed by atoms with Crippen LogP contribution in [0.5, 0.6) is 0 Å². The molecule has 0 spiro atoms. The molecule has 23 heavy (non-hydrogen) atoms. The molecule has 0 fully saturated rings. The highest BCUT2D eigenvalue weighted by atomic mass is 16.1. The minimum atomic E-state index is 0.221. The predicted molar refractivity (Wildman–Crippen MR) is 101 cm³/mol. The molecule has 0 radical (unpaired) electrons. The van der Waals surface area contributed by atoms with Crippen LogP contribution in [0.3, 0.4) is 0 Å². The lowest BCUT2D eigenvalue weighted by Crippen LogP contribution is -1.99. The first-order chi connectivity index (χ1) is 11.3. The van der Waals surface area contributed by atoms with E-state index < -0.39 is 0 Å². The molecular formula is C22H34O. The molecule has 0 aliphatic heterocycles. The van der Waals surface area contributed by atoms with E-state index in [2.05, 4.69) is 26.0 Å². The Balaban J connectivity index is 2.37. The van der Waals surface area contributed by atoms with E-state index >= 15 is 0 Å². The molecule has 0 amide bonds. The van der Waals surface area contributed by atoms with Crippen LogP contribution in [-0.2, 0) is 0 Å². The average molecular weight is 315 g/mol. The molecule has 0 saturated heterocycles. The van der Waals surface area contributed by atoms with Crippen LogP contribution >= 0.6 is 0 Å². The van der Waals surface area contributed by atoms with Crippen LogP contribution in [0.15, 0.2) is 42.5 Å². The second-order valence-electron chi connectivity index (χ2n) is 6.53. The molecule has 0 saturated carbocycles. The van der Waals surface area contributed by atoms with Gasteiger partial charge in [0.15, 0.2) is 5.78 Å². The van der Waals surface area contributed by atoms with Crippen molar-refractivity contribution >= 4 is 5.78 Å². The zero-order valence-electron chi connectivity index (χ0n) is 15.1. The Morgan fingerprint density at radius 2 is 1.57 bits per heavy atom. The van der Waals surface area contributed by atoms with E-state index in [4.69, 9.17) is 0 Å².